The van der Waals surface area contributed by atoms with Crippen LogP contribution in [-0.2, 0) is 9.53 Å². The monoisotopic (exact) mass is 229 g/mol. The van der Waals surface area contributed by atoms with Crippen LogP contribution in [0.15, 0.2) is 15.9 Å². The zero-order chi connectivity index (χ0) is 11.5. The van der Waals surface area contributed by atoms with Crippen LogP contribution in [0.2, 0.25) is 0 Å². The number of aromatic nitrogens is 1. The maximum Gasteiger partial charge on any atom is 0.322 e. The van der Waals surface area contributed by atoms with Crippen LogP contribution in [0.1, 0.15) is 26.5 Å². The van der Waals surface area contributed by atoms with Crippen LogP contribution in [0, 0.1) is 6.92 Å². The summed E-state index contributed by atoms with van der Waals surface area (Å²) in [5.41, 5.74) is 0.803. The molecule has 0 aliphatic rings. The van der Waals surface area contributed by atoms with Gasteiger partial charge in [0, 0.05) is 0 Å². The molecule has 1 aromatic rings. The number of aryl methyl sites for hydroxylation is 1. The number of esters is 1. The number of hydrogen-bond acceptors (Lipinski definition) is 5. The molecular weight excluding hydrogens is 214 g/mol. The summed E-state index contributed by atoms with van der Waals surface area (Å²) in [5, 5.41) is 0.491. The second-order valence-corrected chi connectivity index (χ2v) is 5.16. The molecule has 0 spiro atoms. The van der Waals surface area contributed by atoms with E-state index in [9.17, 15) is 4.79 Å². The fraction of sp³-hybridized carbons (Fsp3) is 0.600. The predicted octanol–water partition coefficient (Wildman–Crippen LogP) is 2.42. The molecule has 84 valence electrons. The smallest absolute Gasteiger partial charge is 0.322 e. The summed E-state index contributed by atoms with van der Waals surface area (Å²) in [6.07, 6.45) is 1.56. The molecule has 0 unspecified atom stereocenters. The zero-order valence-corrected chi connectivity index (χ0v) is 10.2. The topological polar surface area (TPSA) is 52.3 Å². The molecule has 0 bridgehead atoms. The van der Waals surface area contributed by atoms with E-state index in [0.717, 1.165) is 5.69 Å². The van der Waals surface area contributed by atoms with Crippen molar-refractivity contribution in [3.8, 4) is 0 Å². The first-order valence-corrected chi connectivity index (χ1v) is 5.55. The molecule has 0 aromatic carbocycles. The summed E-state index contributed by atoms with van der Waals surface area (Å²) in [6.45, 7) is 7.58. The SMILES string of the molecule is CCOC(=O)C(C)(C)Sc1nc(C)co1. The third-order valence-corrected chi connectivity index (χ3v) is 2.75. The molecule has 0 saturated carbocycles. The van der Waals surface area contributed by atoms with E-state index in [4.69, 9.17) is 9.15 Å². The molecule has 1 rings (SSSR count). The maximum atomic E-state index is 11.6. The van der Waals surface area contributed by atoms with E-state index in [2.05, 4.69) is 4.98 Å². The number of ether oxygens (including phenoxy) is 1. The summed E-state index contributed by atoms with van der Waals surface area (Å²) in [7, 11) is 0. The number of nitrogens with zero attached hydrogens (tertiary/aromatic N) is 1. The maximum absolute atomic E-state index is 11.6. The lowest BCUT2D eigenvalue weighted by atomic mass is 10.2. The van der Waals surface area contributed by atoms with Gasteiger partial charge in [0.25, 0.3) is 5.22 Å². The zero-order valence-electron chi connectivity index (χ0n) is 9.36. The molecule has 0 amide bonds. The summed E-state index contributed by atoms with van der Waals surface area (Å²) in [6, 6.07) is 0. The number of thioether (sulfide) groups is 1. The first kappa shape index (κ1) is 12.1. The largest absolute Gasteiger partial charge is 0.465 e. The van der Waals surface area contributed by atoms with E-state index >= 15 is 0 Å². The molecule has 0 fully saturated rings. The molecule has 1 heterocycles. The van der Waals surface area contributed by atoms with E-state index in [1.54, 1.807) is 27.0 Å². The highest BCUT2D eigenvalue weighted by molar-refractivity contribution is 8.01. The molecule has 5 heteroatoms. The highest BCUT2D eigenvalue weighted by Gasteiger charge is 2.32. The Bertz CT molecular complexity index is 346. The van der Waals surface area contributed by atoms with Crippen molar-refractivity contribution in [2.75, 3.05) is 6.61 Å². The minimum absolute atomic E-state index is 0.258. The van der Waals surface area contributed by atoms with Gasteiger partial charge in [0.15, 0.2) is 0 Å². The Morgan fingerprint density at radius 3 is 2.80 bits per heavy atom. The first-order valence-electron chi connectivity index (χ1n) is 4.74. The van der Waals surface area contributed by atoms with Gasteiger partial charge in [-0.15, -0.1) is 0 Å². The van der Waals surface area contributed by atoms with Gasteiger partial charge in [-0.1, -0.05) is 0 Å². The van der Waals surface area contributed by atoms with Gasteiger partial charge in [0.1, 0.15) is 11.0 Å². The molecule has 1 aromatic heterocycles. The van der Waals surface area contributed by atoms with Crippen molar-refractivity contribution in [3.63, 3.8) is 0 Å². The second kappa shape index (κ2) is 4.70. The highest BCUT2D eigenvalue weighted by Crippen LogP contribution is 2.32. The van der Waals surface area contributed by atoms with Crippen molar-refractivity contribution in [1.82, 2.24) is 4.98 Å². The number of hydrogen-bond donors (Lipinski definition) is 0. The summed E-state index contributed by atoms with van der Waals surface area (Å²) >= 11 is 1.26. The molecule has 0 N–H and O–H groups in total. The Labute approximate surface area is 93.4 Å². The van der Waals surface area contributed by atoms with Crippen LogP contribution in [0.25, 0.3) is 0 Å². The van der Waals surface area contributed by atoms with E-state index in [1.165, 1.54) is 11.8 Å². The van der Waals surface area contributed by atoms with Crippen LogP contribution in [0.3, 0.4) is 0 Å². The van der Waals surface area contributed by atoms with Gasteiger partial charge in [-0.25, -0.2) is 4.98 Å². The van der Waals surface area contributed by atoms with Crippen molar-refractivity contribution >= 4 is 17.7 Å². The van der Waals surface area contributed by atoms with Gasteiger partial charge in [-0.05, 0) is 39.5 Å². The van der Waals surface area contributed by atoms with E-state index in [0.29, 0.717) is 11.8 Å². The third kappa shape index (κ3) is 3.27. The van der Waals surface area contributed by atoms with Crippen molar-refractivity contribution in [2.45, 2.75) is 37.7 Å². The molecule has 4 nitrogen and oxygen atoms in total. The van der Waals surface area contributed by atoms with Crippen LogP contribution in [-0.4, -0.2) is 22.3 Å². The molecule has 0 aliphatic heterocycles. The second-order valence-electron chi connectivity index (χ2n) is 3.59. The van der Waals surface area contributed by atoms with Crippen molar-refractivity contribution in [3.05, 3.63) is 12.0 Å². The molecule has 0 atom stereocenters. The van der Waals surface area contributed by atoms with Gasteiger partial charge in [0.05, 0.1) is 12.3 Å². The van der Waals surface area contributed by atoms with E-state index in [-0.39, 0.29) is 5.97 Å². The fourth-order valence-electron chi connectivity index (χ4n) is 0.944. The number of rotatable bonds is 4. The van der Waals surface area contributed by atoms with Crippen LogP contribution < -0.4 is 0 Å². The van der Waals surface area contributed by atoms with Crippen molar-refractivity contribution in [2.24, 2.45) is 0 Å². The lowest BCUT2D eigenvalue weighted by Crippen LogP contribution is -2.29. The lowest BCUT2D eigenvalue weighted by molar-refractivity contribution is -0.145. The average Bonchev–Trinajstić information content (AvgIpc) is 2.50. The molecular formula is C10H15NO3S. The van der Waals surface area contributed by atoms with Crippen LogP contribution in [0.5, 0.6) is 0 Å². The third-order valence-electron chi connectivity index (χ3n) is 1.71. The van der Waals surface area contributed by atoms with E-state index < -0.39 is 4.75 Å². The van der Waals surface area contributed by atoms with Gasteiger partial charge in [-0.2, -0.15) is 0 Å². The Morgan fingerprint density at radius 2 is 2.33 bits per heavy atom. The molecule has 0 saturated heterocycles. The van der Waals surface area contributed by atoms with Crippen LogP contribution in [0.4, 0.5) is 0 Å². The Kier molecular flexibility index (Phi) is 3.79. The van der Waals surface area contributed by atoms with Crippen molar-refractivity contribution in [1.29, 1.82) is 0 Å². The minimum Gasteiger partial charge on any atom is -0.465 e. The normalized spacial score (nSPS) is 11.5. The van der Waals surface area contributed by atoms with Gasteiger partial charge >= 0.3 is 5.97 Å². The van der Waals surface area contributed by atoms with E-state index in [1.807, 2.05) is 6.92 Å². The fourth-order valence-corrected chi connectivity index (χ4v) is 1.81. The minimum atomic E-state index is -0.673. The summed E-state index contributed by atoms with van der Waals surface area (Å²) in [4.78, 5) is 15.7. The molecule has 0 aliphatic carbocycles. The van der Waals surface area contributed by atoms with Gasteiger partial charge in [0.2, 0.25) is 0 Å². The average molecular weight is 229 g/mol. The summed E-state index contributed by atoms with van der Waals surface area (Å²) < 4.78 is 9.46. The number of carbonyl (C=O) groups excluding carboxylic acids is 1. The summed E-state index contributed by atoms with van der Waals surface area (Å²) in [5.74, 6) is -0.258. The standard InChI is InChI=1S/C10H15NO3S/c1-5-13-8(12)10(3,4)15-9-11-7(2)6-14-9/h6H,5H2,1-4H3. The number of oxazole rings is 1. The predicted molar refractivity (Wildman–Crippen MR) is 57.8 cm³/mol. The highest BCUT2D eigenvalue weighted by atomic mass is 32.2. The van der Waals surface area contributed by atoms with Gasteiger partial charge < -0.3 is 9.15 Å². The molecule has 0 radical (unpaired) electrons. The number of carbonyl (C=O) groups is 1. The van der Waals surface area contributed by atoms with Crippen molar-refractivity contribution < 1.29 is 13.9 Å². The van der Waals surface area contributed by atoms with Gasteiger partial charge in [-0.3, -0.25) is 4.79 Å². The van der Waals surface area contributed by atoms with Crippen LogP contribution >= 0.6 is 11.8 Å². The Hall–Kier alpha value is -0.970. The Morgan fingerprint density at radius 1 is 1.67 bits per heavy atom. The molecule has 15 heavy (non-hydrogen) atoms. The lowest BCUT2D eigenvalue weighted by Gasteiger charge is -2.19. The Balaban J connectivity index is 2.67. The quantitative estimate of drug-likeness (QED) is 0.586. The first-order chi connectivity index (χ1) is 6.95.